The summed E-state index contributed by atoms with van der Waals surface area (Å²) >= 11 is 0. The van der Waals surface area contributed by atoms with Crippen molar-refractivity contribution in [2.45, 2.75) is 65.6 Å². The molecule has 2 nitrogen and oxygen atoms in total. The van der Waals surface area contributed by atoms with E-state index in [0.717, 1.165) is 24.9 Å². The lowest BCUT2D eigenvalue weighted by atomic mass is 9.97. The largest absolute Gasteiger partial charge is 0.375 e. The molecule has 1 aliphatic heterocycles. The Morgan fingerprint density at radius 3 is 2.50 bits per heavy atom. The zero-order chi connectivity index (χ0) is 12.0. The Bertz CT molecular complexity index is 182. The lowest BCUT2D eigenvalue weighted by Crippen LogP contribution is -2.28. The molecule has 0 aliphatic carbocycles. The van der Waals surface area contributed by atoms with Gasteiger partial charge in [-0.3, -0.25) is 0 Å². The fourth-order valence-corrected chi connectivity index (χ4v) is 2.40. The molecule has 1 fully saturated rings. The average Bonchev–Trinajstić information content (AvgIpc) is 2.62. The number of hydrogen-bond acceptors (Lipinski definition) is 2. The Morgan fingerprint density at radius 1 is 1.25 bits per heavy atom. The SMILES string of the molecule is CCC(CNCC(C)C)CC1CCC(C)O1. The van der Waals surface area contributed by atoms with E-state index in [-0.39, 0.29) is 0 Å². The van der Waals surface area contributed by atoms with Crippen molar-refractivity contribution in [3.05, 3.63) is 0 Å². The molecule has 0 spiro atoms. The first-order valence-electron chi connectivity index (χ1n) is 6.98. The van der Waals surface area contributed by atoms with Gasteiger partial charge in [0.15, 0.2) is 0 Å². The van der Waals surface area contributed by atoms with Crippen LogP contribution in [-0.4, -0.2) is 25.3 Å². The van der Waals surface area contributed by atoms with Crippen LogP contribution in [0.3, 0.4) is 0 Å². The van der Waals surface area contributed by atoms with Gasteiger partial charge in [0, 0.05) is 0 Å². The Labute approximate surface area is 101 Å². The summed E-state index contributed by atoms with van der Waals surface area (Å²) in [4.78, 5) is 0. The molecular weight excluding hydrogens is 198 g/mol. The second kappa shape index (κ2) is 7.29. The van der Waals surface area contributed by atoms with Crippen molar-refractivity contribution in [3.8, 4) is 0 Å². The van der Waals surface area contributed by atoms with Gasteiger partial charge in [-0.05, 0) is 51.1 Å². The molecule has 0 amide bonds. The predicted molar refractivity (Wildman–Crippen MR) is 69.7 cm³/mol. The van der Waals surface area contributed by atoms with Gasteiger partial charge in [-0.2, -0.15) is 0 Å². The van der Waals surface area contributed by atoms with Gasteiger partial charge in [0.05, 0.1) is 12.2 Å². The molecule has 1 rings (SSSR count). The monoisotopic (exact) mass is 227 g/mol. The van der Waals surface area contributed by atoms with Crippen LogP contribution in [0.15, 0.2) is 0 Å². The minimum absolute atomic E-state index is 0.492. The molecule has 0 saturated carbocycles. The van der Waals surface area contributed by atoms with Crippen LogP contribution in [0.1, 0.15) is 53.4 Å². The number of ether oxygens (including phenoxy) is 1. The second-order valence-corrected chi connectivity index (χ2v) is 5.71. The molecule has 16 heavy (non-hydrogen) atoms. The standard InChI is InChI=1S/C14H29NO/c1-5-13(10-15-9-11(2)3)8-14-7-6-12(4)16-14/h11-15H,5-10H2,1-4H3. The Morgan fingerprint density at radius 2 is 2.00 bits per heavy atom. The molecule has 1 aliphatic rings. The van der Waals surface area contributed by atoms with Gasteiger partial charge in [-0.25, -0.2) is 0 Å². The van der Waals surface area contributed by atoms with Crippen LogP contribution >= 0.6 is 0 Å². The molecule has 1 saturated heterocycles. The summed E-state index contributed by atoms with van der Waals surface area (Å²) in [5.41, 5.74) is 0. The van der Waals surface area contributed by atoms with E-state index in [9.17, 15) is 0 Å². The molecule has 3 unspecified atom stereocenters. The van der Waals surface area contributed by atoms with Crippen LogP contribution in [0.5, 0.6) is 0 Å². The third-order valence-electron chi connectivity index (χ3n) is 3.48. The Hall–Kier alpha value is -0.0800. The van der Waals surface area contributed by atoms with Crippen LogP contribution in [0, 0.1) is 11.8 Å². The number of nitrogens with one attached hydrogen (secondary N) is 1. The van der Waals surface area contributed by atoms with E-state index in [1.807, 2.05) is 0 Å². The van der Waals surface area contributed by atoms with Gasteiger partial charge >= 0.3 is 0 Å². The summed E-state index contributed by atoms with van der Waals surface area (Å²) < 4.78 is 5.89. The van der Waals surface area contributed by atoms with Crippen molar-refractivity contribution in [1.29, 1.82) is 0 Å². The minimum Gasteiger partial charge on any atom is -0.375 e. The molecule has 1 heterocycles. The summed E-state index contributed by atoms with van der Waals surface area (Å²) in [6.45, 7) is 11.3. The Kier molecular flexibility index (Phi) is 6.37. The van der Waals surface area contributed by atoms with Crippen molar-refractivity contribution >= 4 is 0 Å². The first-order chi connectivity index (χ1) is 7.61. The van der Waals surface area contributed by atoms with Crippen molar-refractivity contribution in [1.82, 2.24) is 5.32 Å². The molecule has 0 aromatic rings. The van der Waals surface area contributed by atoms with E-state index in [2.05, 4.69) is 33.0 Å². The first-order valence-corrected chi connectivity index (χ1v) is 6.98. The van der Waals surface area contributed by atoms with Crippen molar-refractivity contribution in [3.63, 3.8) is 0 Å². The van der Waals surface area contributed by atoms with Gasteiger partial charge in [0.1, 0.15) is 0 Å². The summed E-state index contributed by atoms with van der Waals surface area (Å²) in [7, 11) is 0. The fourth-order valence-electron chi connectivity index (χ4n) is 2.40. The van der Waals surface area contributed by atoms with Crippen LogP contribution in [-0.2, 0) is 4.74 Å². The number of rotatable bonds is 7. The summed E-state index contributed by atoms with van der Waals surface area (Å²) in [5.74, 6) is 1.54. The highest BCUT2D eigenvalue weighted by Gasteiger charge is 2.24. The molecule has 0 aromatic carbocycles. The maximum absolute atomic E-state index is 5.89. The molecule has 96 valence electrons. The quantitative estimate of drug-likeness (QED) is 0.721. The molecule has 0 radical (unpaired) electrons. The normalized spacial score (nSPS) is 27.6. The van der Waals surface area contributed by atoms with Gasteiger partial charge in [0.2, 0.25) is 0 Å². The van der Waals surface area contributed by atoms with Gasteiger partial charge in [-0.1, -0.05) is 27.2 Å². The van der Waals surface area contributed by atoms with Gasteiger partial charge < -0.3 is 10.1 Å². The van der Waals surface area contributed by atoms with E-state index in [4.69, 9.17) is 4.74 Å². The first kappa shape index (κ1) is 14.0. The zero-order valence-corrected chi connectivity index (χ0v) is 11.5. The van der Waals surface area contributed by atoms with E-state index >= 15 is 0 Å². The smallest absolute Gasteiger partial charge is 0.0582 e. The van der Waals surface area contributed by atoms with Crippen molar-refractivity contribution in [2.75, 3.05) is 13.1 Å². The lowest BCUT2D eigenvalue weighted by molar-refractivity contribution is 0.0403. The number of hydrogen-bond donors (Lipinski definition) is 1. The zero-order valence-electron chi connectivity index (χ0n) is 11.5. The molecule has 0 bridgehead atoms. The molecule has 0 aromatic heterocycles. The molecule has 1 N–H and O–H groups in total. The summed E-state index contributed by atoms with van der Waals surface area (Å²) in [6.07, 6.45) is 6.04. The van der Waals surface area contributed by atoms with E-state index in [0.29, 0.717) is 12.2 Å². The third-order valence-corrected chi connectivity index (χ3v) is 3.48. The van der Waals surface area contributed by atoms with Crippen molar-refractivity contribution in [2.24, 2.45) is 11.8 Å². The van der Waals surface area contributed by atoms with Crippen LogP contribution in [0.2, 0.25) is 0 Å². The maximum atomic E-state index is 5.89. The van der Waals surface area contributed by atoms with E-state index in [1.54, 1.807) is 0 Å². The topological polar surface area (TPSA) is 21.3 Å². The van der Waals surface area contributed by atoms with E-state index < -0.39 is 0 Å². The van der Waals surface area contributed by atoms with Crippen LogP contribution in [0.25, 0.3) is 0 Å². The van der Waals surface area contributed by atoms with Crippen molar-refractivity contribution < 1.29 is 4.74 Å². The predicted octanol–water partition coefficient (Wildman–Crippen LogP) is 3.22. The van der Waals surface area contributed by atoms with E-state index in [1.165, 1.54) is 25.7 Å². The minimum atomic E-state index is 0.492. The summed E-state index contributed by atoms with van der Waals surface area (Å²) in [5, 5.41) is 3.57. The molecule has 2 heteroatoms. The molecule has 3 atom stereocenters. The maximum Gasteiger partial charge on any atom is 0.0582 e. The lowest BCUT2D eigenvalue weighted by Gasteiger charge is -2.20. The molecular formula is C14H29NO. The fraction of sp³-hybridized carbons (Fsp3) is 1.00. The van der Waals surface area contributed by atoms with Gasteiger partial charge in [-0.15, -0.1) is 0 Å². The highest BCUT2D eigenvalue weighted by Crippen LogP contribution is 2.25. The highest BCUT2D eigenvalue weighted by atomic mass is 16.5. The van der Waals surface area contributed by atoms with Gasteiger partial charge in [0.25, 0.3) is 0 Å². The van der Waals surface area contributed by atoms with Crippen LogP contribution < -0.4 is 5.32 Å². The summed E-state index contributed by atoms with van der Waals surface area (Å²) in [6, 6.07) is 0. The Balaban J connectivity index is 2.16. The highest BCUT2D eigenvalue weighted by molar-refractivity contribution is 4.74. The average molecular weight is 227 g/mol. The second-order valence-electron chi connectivity index (χ2n) is 5.71. The van der Waals surface area contributed by atoms with Crippen LogP contribution in [0.4, 0.5) is 0 Å². The third kappa shape index (κ3) is 5.31.